The highest BCUT2D eigenvalue weighted by atomic mass is 16.5. The fourth-order valence-electron chi connectivity index (χ4n) is 2.64. The molecule has 1 spiro atoms. The lowest BCUT2D eigenvalue weighted by Crippen LogP contribution is -2.53. The lowest BCUT2D eigenvalue weighted by Gasteiger charge is -2.44. The van der Waals surface area contributed by atoms with E-state index in [0.29, 0.717) is 12.2 Å². The Labute approximate surface area is 73.3 Å². The molecule has 0 aromatic heterocycles. The van der Waals surface area contributed by atoms with Crippen LogP contribution in [0.2, 0.25) is 0 Å². The fourth-order valence-corrected chi connectivity index (χ4v) is 2.64. The normalized spacial score (nSPS) is 32.4. The molecule has 0 saturated heterocycles. The summed E-state index contributed by atoms with van der Waals surface area (Å²) in [6.45, 7) is 2.76. The first-order valence-corrected chi connectivity index (χ1v) is 4.94. The van der Waals surface area contributed by atoms with Crippen LogP contribution in [-0.4, -0.2) is 18.5 Å². The van der Waals surface area contributed by atoms with Gasteiger partial charge in [0.25, 0.3) is 0 Å². The molecule has 0 radical (unpaired) electrons. The van der Waals surface area contributed by atoms with Gasteiger partial charge in [-0.2, -0.15) is 0 Å². The van der Waals surface area contributed by atoms with Gasteiger partial charge in [0.15, 0.2) is 0 Å². The van der Waals surface area contributed by atoms with Crippen LogP contribution in [0.15, 0.2) is 0 Å². The molecule has 2 nitrogen and oxygen atoms in total. The van der Waals surface area contributed by atoms with Crippen LogP contribution in [0.1, 0.15) is 39.0 Å². The third kappa shape index (κ3) is 0.939. The predicted octanol–water partition coefficient (Wildman–Crippen LogP) is 1.92. The molecule has 1 atom stereocenters. The number of Topliss-reactive ketones (excluding diaryl/α,β-unsaturated/α-hetero) is 1. The first-order valence-electron chi connectivity index (χ1n) is 4.94. The second-order valence-corrected chi connectivity index (χ2v) is 3.93. The molecule has 0 N–H and O–H groups in total. The summed E-state index contributed by atoms with van der Waals surface area (Å²) in [6, 6.07) is 0. The summed E-state index contributed by atoms with van der Waals surface area (Å²) in [7, 11) is 0. The van der Waals surface area contributed by atoms with Crippen molar-refractivity contribution >= 4 is 5.78 Å². The average Bonchev–Trinajstić information content (AvgIpc) is 2.55. The summed E-state index contributed by atoms with van der Waals surface area (Å²) in [4.78, 5) is 11.5. The minimum Gasteiger partial charge on any atom is -0.377 e. The standard InChI is InChI=1S/C10H16O2/c1-2-12-9-7-8(11)10(9)5-3-4-6-10/h9H,2-7H2,1H3/t9-/m0/s1. The van der Waals surface area contributed by atoms with E-state index in [1.54, 1.807) is 0 Å². The molecule has 0 aromatic carbocycles. The van der Waals surface area contributed by atoms with Crippen LogP contribution in [0.4, 0.5) is 0 Å². The maximum Gasteiger partial charge on any atom is 0.144 e. The Bertz CT molecular complexity index is 192. The molecule has 2 saturated carbocycles. The van der Waals surface area contributed by atoms with Crippen molar-refractivity contribution in [2.45, 2.75) is 45.1 Å². The van der Waals surface area contributed by atoms with Gasteiger partial charge in [-0.1, -0.05) is 12.8 Å². The molecule has 2 heteroatoms. The van der Waals surface area contributed by atoms with Crippen LogP contribution in [0.3, 0.4) is 0 Å². The lowest BCUT2D eigenvalue weighted by atomic mass is 9.63. The summed E-state index contributed by atoms with van der Waals surface area (Å²) in [5, 5.41) is 0. The van der Waals surface area contributed by atoms with Crippen LogP contribution in [-0.2, 0) is 9.53 Å². The topological polar surface area (TPSA) is 26.3 Å². The molecule has 2 rings (SSSR count). The molecule has 12 heavy (non-hydrogen) atoms. The van der Waals surface area contributed by atoms with Gasteiger partial charge in [0.2, 0.25) is 0 Å². The number of ether oxygens (including phenoxy) is 1. The predicted molar refractivity (Wildman–Crippen MR) is 45.9 cm³/mol. The monoisotopic (exact) mass is 168 g/mol. The van der Waals surface area contributed by atoms with E-state index in [1.165, 1.54) is 12.8 Å². The van der Waals surface area contributed by atoms with Crippen molar-refractivity contribution in [2.24, 2.45) is 5.41 Å². The number of carbonyl (C=O) groups excluding carboxylic acids is 1. The second-order valence-electron chi connectivity index (χ2n) is 3.93. The summed E-state index contributed by atoms with van der Waals surface area (Å²) in [6.07, 6.45) is 5.53. The summed E-state index contributed by atoms with van der Waals surface area (Å²) in [5.74, 6) is 0.457. The second kappa shape index (κ2) is 2.84. The number of ketones is 1. The third-order valence-electron chi connectivity index (χ3n) is 3.41. The van der Waals surface area contributed by atoms with Crippen LogP contribution in [0.5, 0.6) is 0 Å². The first-order chi connectivity index (χ1) is 5.79. The minimum absolute atomic E-state index is 0.0178. The van der Waals surface area contributed by atoms with Gasteiger partial charge in [0.05, 0.1) is 11.5 Å². The molecule has 0 heterocycles. The van der Waals surface area contributed by atoms with E-state index in [9.17, 15) is 4.79 Å². The molecular formula is C10H16O2. The maximum absolute atomic E-state index is 11.5. The van der Waals surface area contributed by atoms with Gasteiger partial charge in [-0.05, 0) is 19.8 Å². The molecule has 0 aromatic rings. The summed E-state index contributed by atoms with van der Waals surface area (Å²) >= 11 is 0. The molecule has 0 aliphatic heterocycles. The smallest absolute Gasteiger partial charge is 0.144 e. The van der Waals surface area contributed by atoms with Crippen molar-refractivity contribution in [2.75, 3.05) is 6.61 Å². The lowest BCUT2D eigenvalue weighted by molar-refractivity contribution is -0.162. The van der Waals surface area contributed by atoms with Gasteiger partial charge in [-0.25, -0.2) is 0 Å². The maximum atomic E-state index is 11.5. The minimum atomic E-state index is -0.0178. The van der Waals surface area contributed by atoms with Crippen molar-refractivity contribution < 1.29 is 9.53 Å². The quantitative estimate of drug-likeness (QED) is 0.629. The van der Waals surface area contributed by atoms with Crippen molar-refractivity contribution in [3.63, 3.8) is 0 Å². The number of hydrogen-bond donors (Lipinski definition) is 0. The highest BCUT2D eigenvalue weighted by molar-refractivity contribution is 5.92. The number of rotatable bonds is 2. The number of carbonyl (C=O) groups is 1. The summed E-state index contributed by atoms with van der Waals surface area (Å²) < 4.78 is 5.57. The molecule has 2 fully saturated rings. The van der Waals surface area contributed by atoms with Crippen LogP contribution in [0, 0.1) is 5.41 Å². The highest BCUT2D eigenvalue weighted by Crippen LogP contribution is 2.51. The molecule has 68 valence electrons. The van der Waals surface area contributed by atoms with E-state index in [2.05, 4.69) is 0 Å². The summed E-state index contributed by atoms with van der Waals surface area (Å²) in [5.41, 5.74) is -0.0178. The number of hydrogen-bond acceptors (Lipinski definition) is 2. The largest absolute Gasteiger partial charge is 0.377 e. The Morgan fingerprint density at radius 3 is 2.67 bits per heavy atom. The van der Waals surface area contributed by atoms with Gasteiger partial charge in [-0.3, -0.25) is 4.79 Å². The Morgan fingerprint density at radius 1 is 1.50 bits per heavy atom. The van der Waals surface area contributed by atoms with E-state index in [4.69, 9.17) is 4.74 Å². The van der Waals surface area contributed by atoms with Gasteiger partial charge in [-0.15, -0.1) is 0 Å². The zero-order valence-corrected chi connectivity index (χ0v) is 7.64. The van der Waals surface area contributed by atoms with Gasteiger partial charge in [0, 0.05) is 13.0 Å². The van der Waals surface area contributed by atoms with E-state index in [1.807, 2.05) is 6.92 Å². The Kier molecular flexibility index (Phi) is 1.95. The van der Waals surface area contributed by atoms with E-state index in [0.717, 1.165) is 19.4 Å². The third-order valence-corrected chi connectivity index (χ3v) is 3.41. The Morgan fingerprint density at radius 2 is 2.17 bits per heavy atom. The molecule has 0 bridgehead atoms. The fraction of sp³-hybridized carbons (Fsp3) is 0.900. The highest BCUT2D eigenvalue weighted by Gasteiger charge is 2.56. The van der Waals surface area contributed by atoms with E-state index >= 15 is 0 Å². The van der Waals surface area contributed by atoms with Crippen molar-refractivity contribution in [1.29, 1.82) is 0 Å². The van der Waals surface area contributed by atoms with Crippen molar-refractivity contribution in [3.8, 4) is 0 Å². The zero-order chi connectivity index (χ0) is 8.60. The van der Waals surface area contributed by atoms with Crippen LogP contribution in [0.25, 0.3) is 0 Å². The zero-order valence-electron chi connectivity index (χ0n) is 7.64. The molecule has 2 aliphatic carbocycles. The van der Waals surface area contributed by atoms with Crippen molar-refractivity contribution in [3.05, 3.63) is 0 Å². The molecule has 2 aliphatic rings. The Balaban J connectivity index is 2.05. The van der Waals surface area contributed by atoms with Gasteiger partial charge < -0.3 is 4.74 Å². The van der Waals surface area contributed by atoms with E-state index < -0.39 is 0 Å². The van der Waals surface area contributed by atoms with E-state index in [-0.39, 0.29) is 11.5 Å². The van der Waals surface area contributed by atoms with Crippen LogP contribution >= 0.6 is 0 Å². The van der Waals surface area contributed by atoms with Gasteiger partial charge in [0.1, 0.15) is 5.78 Å². The Hall–Kier alpha value is -0.370. The molecule has 0 amide bonds. The van der Waals surface area contributed by atoms with Crippen molar-refractivity contribution in [1.82, 2.24) is 0 Å². The SMILES string of the molecule is CCO[C@H]1CC(=O)C12CCCC2. The van der Waals surface area contributed by atoms with Crippen LogP contribution < -0.4 is 0 Å². The molecule has 0 unspecified atom stereocenters. The molecular weight excluding hydrogens is 152 g/mol. The van der Waals surface area contributed by atoms with Gasteiger partial charge >= 0.3 is 0 Å². The first kappa shape index (κ1) is 8.24. The average molecular weight is 168 g/mol.